The molecule has 2 aromatic heterocycles. The van der Waals surface area contributed by atoms with Crippen molar-refractivity contribution in [3.63, 3.8) is 0 Å². The lowest BCUT2D eigenvalue weighted by Gasteiger charge is -2.16. The molecule has 0 saturated carbocycles. The molecule has 4 rings (SSSR count). The van der Waals surface area contributed by atoms with E-state index in [0.29, 0.717) is 6.42 Å². The topological polar surface area (TPSA) is 34.9 Å². The van der Waals surface area contributed by atoms with Gasteiger partial charge in [0, 0.05) is 29.1 Å². The Hall–Kier alpha value is -1.94. The summed E-state index contributed by atoms with van der Waals surface area (Å²) < 4.78 is 3.41. The second-order valence-electron chi connectivity index (χ2n) is 5.26. The van der Waals surface area contributed by atoms with E-state index in [4.69, 9.17) is 0 Å². The van der Waals surface area contributed by atoms with Crippen molar-refractivity contribution < 1.29 is 4.79 Å². The summed E-state index contributed by atoms with van der Waals surface area (Å²) in [6.07, 6.45) is 2.62. The van der Waals surface area contributed by atoms with Gasteiger partial charge in [-0.25, -0.2) is 4.98 Å². The summed E-state index contributed by atoms with van der Waals surface area (Å²) in [5.74, 6) is 0.284. The lowest BCUT2D eigenvalue weighted by molar-refractivity contribution is 0.0972. The number of carbonyl (C=O) groups is 1. The number of aryl methyl sites for hydroxylation is 1. The van der Waals surface area contributed by atoms with Crippen LogP contribution in [0.2, 0.25) is 0 Å². The van der Waals surface area contributed by atoms with Crippen molar-refractivity contribution in [2.45, 2.75) is 26.2 Å². The van der Waals surface area contributed by atoms with Crippen molar-refractivity contribution in [1.29, 1.82) is 0 Å². The number of thiazole rings is 1. The van der Waals surface area contributed by atoms with Crippen LogP contribution in [0.25, 0.3) is 15.9 Å². The highest BCUT2D eigenvalue weighted by Gasteiger charge is 2.23. The molecule has 0 spiro atoms. The molecule has 2 heterocycles. The molecule has 0 fully saturated rings. The Kier molecular flexibility index (Phi) is 2.54. The molecule has 1 aromatic carbocycles. The van der Waals surface area contributed by atoms with E-state index >= 15 is 0 Å². The zero-order valence-electron chi connectivity index (χ0n) is 11.2. The third-order valence-corrected chi connectivity index (χ3v) is 4.77. The first-order valence-electron chi connectivity index (χ1n) is 6.82. The van der Waals surface area contributed by atoms with Crippen LogP contribution in [0.3, 0.4) is 0 Å². The summed E-state index contributed by atoms with van der Waals surface area (Å²) in [4.78, 5) is 16.4. The zero-order valence-corrected chi connectivity index (χ0v) is 12.0. The maximum Gasteiger partial charge on any atom is 0.164 e. The second-order valence-corrected chi connectivity index (χ2v) is 6.15. The number of ketones is 1. The minimum absolute atomic E-state index is 0.284. The molecule has 1 aliphatic rings. The van der Waals surface area contributed by atoms with E-state index in [2.05, 4.69) is 34.7 Å². The number of nitrogens with zero attached hydrogens (tertiary/aromatic N) is 2. The third kappa shape index (κ3) is 1.64. The molecule has 0 atom stereocenters. The van der Waals surface area contributed by atoms with Gasteiger partial charge in [-0.2, -0.15) is 0 Å². The number of hydrogen-bond donors (Lipinski definition) is 0. The highest BCUT2D eigenvalue weighted by molar-refractivity contribution is 7.16. The summed E-state index contributed by atoms with van der Waals surface area (Å²) in [6.45, 7) is 2.07. The van der Waals surface area contributed by atoms with Crippen LogP contribution in [0.5, 0.6) is 0 Å². The first-order valence-corrected chi connectivity index (χ1v) is 7.70. The lowest BCUT2D eigenvalue weighted by atomic mass is 9.96. The number of hydrogen-bond acceptors (Lipinski definition) is 3. The fourth-order valence-electron chi connectivity index (χ4n) is 3.07. The Balaban J connectivity index is 1.95. The van der Waals surface area contributed by atoms with Gasteiger partial charge in [-0.3, -0.25) is 4.79 Å². The molecule has 1 aliphatic carbocycles. The standard InChI is InChI=1S/C16H14N2OS/c1-10-7-12-14(3-2-4-15(12)19)18(10)11-5-6-13-16(8-11)20-9-17-13/h5-9H,2-4H2,1H3. The highest BCUT2D eigenvalue weighted by Crippen LogP contribution is 2.30. The number of carbonyl (C=O) groups excluding carboxylic acids is 1. The average Bonchev–Trinajstić information content (AvgIpc) is 3.02. The molecule has 0 aliphatic heterocycles. The van der Waals surface area contributed by atoms with Crippen molar-refractivity contribution in [3.05, 3.63) is 46.7 Å². The van der Waals surface area contributed by atoms with Crippen LogP contribution < -0.4 is 0 Å². The van der Waals surface area contributed by atoms with Crippen LogP contribution in [-0.2, 0) is 6.42 Å². The summed E-state index contributed by atoms with van der Waals surface area (Å²) in [5.41, 5.74) is 7.26. The van der Waals surface area contributed by atoms with Crippen molar-refractivity contribution in [3.8, 4) is 5.69 Å². The normalized spacial score (nSPS) is 14.8. The van der Waals surface area contributed by atoms with Gasteiger partial charge in [-0.15, -0.1) is 11.3 Å². The molecule has 4 heteroatoms. The van der Waals surface area contributed by atoms with E-state index in [1.807, 2.05) is 11.6 Å². The first-order chi connectivity index (χ1) is 9.74. The zero-order chi connectivity index (χ0) is 13.7. The second kappa shape index (κ2) is 4.28. The molecule has 0 N–H and O–H groups in total. The Bertz CT molecular complexity index is 828. The van der Waals surface area contributed by atoms with Crippen molar-refractivity contribution in [2.75, 3.05) is 0 Å². The summed E-state index contributed by atoms with van der Waals surface area (Å²) >= 11 is 1.65. The Morgan fingerprint density at radius 1 is 1.25 bits per heavy atom. The lowest BCUT2D eigenvalue weighted by Crippen LogP contribution is -2.12. The summed E-state index contributed by atoms with van der Waals surface area (Å²) in [6, 6.07) is 8.35. The van der Waals surface area contributed by atoms with E-state index in [9.17, 15) is 4.79 Å². The first kappa shape index (κ1) is 11.9. The predicted octanol–water partition coefficient (Wildman–Crippen LogP) is 3.91. The maximum atomic E-state index is 12.0. The SMILES string of the molecule is Cc1cc2c(n1-c1ccc3ncsc3c1)CCCC2=O. The van der Waals surface area contributed by atoms with Gasteiger partial charge in [-0.1, -0.05) is 0 Å². The molecule has 0 amide bonds. The predicted molar refractivity (Wildman–Crippen MR) is 81.0 cm³/mol. The third-order valence-electron chi connectivity index (χ3n) is 3.98. The molecule has 3 nitrogen and oxygen atoms in total. The molecule has 0 bridgehead atoms. The molecule has 20 heavy (non-hydrogen) atoms. The highest BCUT2D eigenvalue weighted by atomic mass is 32.1. The monoisotopic (exact) mass is 282 g/mol. The molecule has 0 saturated heterocycles. The quantitative estimate of drug-likeness (QED) is 0.678. The Labute approximate surface area is 120 Å². The van der Waals surface area contributed by atoms with Gasteiger partial charge in [0.05, 0.1) is 15.7 Å². The van der Waals surface area contributed by atoms with Crippen LogP contribution in [0, 0.1) is 6.92 Å². The van der Waals surface area contributed by atoms with Crippen LogP contribution in [0.15, 0.2) is 29.8 Å². The van der Waals surface area contributed by atoms with E-state index in [1.54, 1.807) is 11.3 Å². The largest absolute Gasteiger partial charge is 0.317 e. The van der Waals surface area contributed by atoms with Crippen LogP contribution >= 0.6 is 11.3 Å². The summed E-state index contributed by atoms with van der Waals surface area (Å²) in [5, 5.41) is 0. The molecule has 100 valence electrons. The number of Topliss-reactive ketones (excluding diaryl/α,β-unsaturated/α-hetero) is 1. The number of aromatic nitrogens is 2. The molecule has 3 aromatic rings. The van der Waals surface area contributed by atoms with Gasteiger partial charge >= 0.3 is 0 Å². The van der Waals surface area contributed by atoms with Gasteiger partial charge in [-0.05, 0) is 44.0 Å². The number of rotatable bonds is 1. The van der Waals surface area contributed by atoms with Crippen molar-refractivity contribution in [1.82, 2.24) is 9.55 Å². The Morgan fingerprint density at radius 3 is 3.05 bits per heavy atom. The van der Waals surface area contributed by atoms with E-state index in [1.165, 1.54) is 10.4 Å². The van der Waals surface area contributed by atoms with Crippen molar-refractivity contribution in [2.24, 2.45) is 0 Å². The maximum absolute atomic E-state index is 12.0. The van der Waals surface area contributed by atoms with Crippen LogP contribution in [-0.4, -0.2) is 15.3 Å². The fourth-order valence-corrected chi connectivity index (χ4v) is 3.78. The smallest absolute Gasteiger partial charge is 0.164 e. The minimum atomic E-state index is 0.284. The molecular weight excluding hydrogens is 268 g/mol. The number of fused-ring (bicyclic) bond motifs is 2. The van der Waals surface area contributed by atoms with Gasteiger partial charge in [0.2, 0.25) is 0 Å². The Morgan fingerprint density at radius 2 is 2.15 bits per heavy atom. The van der Waals surface area contributed by atoms with Gasteiger partial charge in [0.15, 0.2) is 5.78 Å². The van der Waals surface area contributed by atoms with Crippen LogP contribution in [0.4, 0.5) is 0 Å². The van der Waals surface area contributed by atoms with E-state index < -0.39 is 0 Å². The van der Waals surface area contributed by atoms with E-state index in [-0.39, 0.29) is 5.78 Å². The van der Waals surface area contributed by atoms with Crippen LogP contribution in [0.1, 0.15) is 34.6 Å². The summed E-state index contributed by atoms with van der Waals surface area (Å²) in [7, 11) is 0. The van der Waals surface area contributed by atoms with E-state index in [0.717, 1.165) is 35.3 Å². The van der Waals surface area contributed by atoms with Gasteiger partial charge < -0.3 is 4.57 Å². The molecule has 0 unspecified atom stereocenters. The van der Waals surface area contributed by atoms with Gasteiger partial charge in [0.1, 0.15) is 0 Å². The average molecular weight is 282 g/mol. The number of benzene rings is 1. The molecular formula is C16H14N2OS. The van der Waals surface area contributed by atoms with Crippen molar-refractivity contribution >= 4 is 27.3 Å². The molecule has 0 radical (unpaired) electrons. The van der Waals surface area contributed by atoms with Gasteiger partial charge in [0.25, 0.3) is 0 Å². The minimum Gasteiger partial charge on any atom is -0.317 e. The fraction of sp³-hybridized carbons (Fsp3) is 0.250.